The highest BCUT2D eigenvalue weighted by atomic mass is 14.1. The van der Waals surface area contributed by atoms with Crippen molar-refractivity contribution >= 4 is 0 Å². The van der Waals surface area contributed by atoms with Crippen LogP contribution in [-0.4, -0.2) is 0 Å². The Bertz CT molecular complexity index is 263. The molecule has 1 aromatic rings. The summed E-state index contributed by atoms with van der Waals surface area (Å²) in [7, 11) is 0. The van der Waals surface area contributed by atoms with E-state index in [1.807, 2.05) is 0 Å². The minimum atomic E-state index is 0.780. The molecule has 1 aromatic carbocycles. The summed E-state index contributed by atoms with van der Waals surface area (Å²) in [5, 5.41) is 0. The molecule has 0 nitrogen and oxygen atoms in total. The highest BCUT2D eigenvalue weighted by Crippen LogP contribution is 2.25. The molecule has 17 heavy (non-hydrogen) atoms. The zero-order valence-corrected chi connectivity index (χ0v) is 11.6. The van der Waals surface area contributed by atoms with E-state index in [9.17, 15) is 0 Å². The van der Waals surface area contributed by atoms with Gasteiger partial charge in [-0.15, -0.1) is 0 Å². The van der Waals surface area contributed by atoms with E-state index in [2.05, 4.69) is 44.2 Å². The number of unbranched alkanes of at least 4 members (excludes halogenated alkanes) is 5. The van der Waals surface area contributed by atoms with E-state index in [1.54, 1.807) is 0 Å². The van der Waals surface area contributed by atoms with Gasteiger partial charge in [0.25, 0.3) is 0 Å². The standard InChI is InChI=1S/C17H28/c1-3-5-6-7-8-10-13-16(4-2)17-14-11-9-12-15-17/h9,11-12,14-16H,3-8,10,13H2,1-2H3. The highest BCUT2D eigenvalue weighted by molar-refractivity contribution is 5.19. The second-order valence-corrected chi connectivity index (χ2v) is 5.07. The molecule has 1 rings (SSSR count). The van der Waals surface area contributed by atoms with E-state index in [1.165, 1.54) is 56.9 Å². The van der Waals surface area contributed by atoms with Gasteiger partial charge in [0.15, 0.2) is 0 Å². The van der Waals surface area contributed by atoms with Crippen molar-refractivity contribution in [1.29, 1.82) is 0 Å². The van der Waals surface area contributed by atoms with Crippen LogP contribution in [0.2, 0.25) is 0 Å². The van der Waals surface area contributed by atoms with Gasteiger partial charge in [0.2, 0.25) is 0 Å². The van der Waals surface area contributed by atoms with Crippen molar-refractivity contribution < 1.29 is 0 Å². The van der Waals surface area contributed by atoms with Crippen molar-refractivity contribution in [2.75, 3.05) is 0 Å². The maximum atomic E-state index is 2.31. The zero-order valence-electron chi connectivity index (χ0n) is 11.6. The minimum Gasteiger partial charge on any atom is -0.0654 e. The monoisotopic (exact) mass is 232 g/mol. The Hall–Kier alpha value is -0.780. The molecule has 0 amide bonds. The van der Waals surface area contributed by atoms with Crippen molar-refractivity contribution in [1.82, 2.24) is 0 Å². The van der Waals surface area contributed by atoms with E-state index < -0.39 is 0 Å². The molecular formula is C17H28. The van der Waals surface area contributed by atoms with Crippen molar-refractivity contribution in [3.63, 3.8) is 0 Å². The van der Waals surface area contributed by atoms with Crippen LogP contribution in [0.4, 0.5) is 0 Å². The first-order valence-corrected chi connectivity index (χ1v) is 7.43. The molecule has 0 spiro atoms. The van der Waals surface area contributed by atoms with Gasteiger partial charge >= 0.3 is 0 Å². The van der Waals surface area contributed by atoms with Crippen molar-refractivity contribution in [2.24, 2.45) is 0 Å². The summed E-state index contributed by atoms with van der Waals surface area (Å²) in [5.74, 6) is 0.780. The Morgan fingerprint density at radius 3 is 2.12 bits per heavy atom. The van der Waals surface area contributed by atoms with Crippen LogP contribution < -0.4 is 0 Å². The molecule has 0 N–H and O–H groups in total. The summed E-state index contributed by atoms with van der Waals surface area (Å²) >= 11 is 0. The van der Waals surface area contributed by atoms with E-state index in [4.69, 9.17) is 0 Å². The largest absolute Gasteiger partial charge is 0.0654 e. The van der Waals surface area contributed by atoms with Crippen LogP contribution in [-0.2, 0) is 0 Å². The fourth-order valence-electron chi connectivity index (χ4n) is 2.50. The molecule has 0 aliphatic rings. The summed E-state index contributed by atoms with van der Waals surface area (Å²) in [6.07, 6.45) is 11.1. The second-order valence-electron chi connectivity index (χ2n) is 5.07. The van der Waals surface area contributed by atoms with Crippen LogP contribution in [0.5, 0.6) is 0 Å². The van der Waals surface area contributed by atoms with Crippen LogP contribution >= 0.6 is 0 Å². The van der Waals surface area contributed by atoms with Gasteiger partial charge in [-0.05, 0) is 24.3 Å². The first-order chi connectivity index (χ1) is 8.38. The average molecular weight is 232 g/mol. The van der Waals surface area contributed by atoms with Gasteiger partial charge in [0.1, 0.15) is 0 Å². The van der Waals surface area contributed by atoms with Gasteiger partial charge in [0, 0.05) is 0 Å². The zero-order chi connectivity index (χ0) is 12.3. The van der Waals surface area contributed by atoms with Crippen LogP contribution in [0.25, 0.3) is 0 Å². The van der Waals surface area contributed by atoms with Crippen LogP contribution in [0.3, 0.4) is 0 Å². The Kier molecular flexibility index (Phi) is 7.79. The van der Waals surface area contributed by atoms with Crippen molar-refractivity contribution in [3.05, 3.63) is 35.9 Å². The molecule has 0 heterocycles. The molecule has 0 radical (unpaired) electrons. The third-order valence-corrected chi connectivity index (χ3v) is 3.67. The summed E-state index contributed by atoms with van der Waals surface area (Å²) in [5.41, 5.74) is 1.53. The lowest BCUT2D eigenvalue weighted by Crippen LogP contribution is -1.97. The molecular weight excluding hydrogens is 204 g/mol. The number of benzene rings is 1. The van der Waals surface area contributed by atoms with Crippen molar-refractivity contribution in [2.45, 2.75) is 71.1 Å². The summed E-state index contributed by atoms with van der Waals surface area (Å²) < 4.78 is 0. The molecule has 1 unspecified atom stereocenters. The topological polar surface area (TPSA) is 0 Å². The van der Waals surface area contributed by atoms with Gasteiger partial charge in [-0.1, -0.05) is 82.7 Å². The predicted octanol–water partition coefficient (Wildman–Crippen LogP) is 5.93. The molecule has 0 bridgehead atoms. The van der Waals surface area contributed by atoms with E-state index in [0.29, 0.717) is 0 Å². The van der Waals surface area contributed by atoms with Gasteiger partial charge in [0.05, 0.1) is 0 Å². The summed E-state index contributed by atoms with van der Waals surface area (Å²) in [4.78, 5) is 0. The van der Waals surface area contributed by atoms with Gasteiger partial charge in [-0.2, -0.15) is 0 Å². The minimum absolute atomic E-state index is 0.780. The molecule has 1 atom stereocenters. The van der Waals surface area contributed by atoms with E-state index >= 15 is 0 Å². The first-order valence-electron chi connectivity index (χ1n) is 7.43. The SMILES string of the molecule is CCCCCCCCC(CC)c1ccccc1. The molecule has 0 aliphatic carbocycles. The number of hydrogen-bond donors (Lipinski definition) is 0. The summed E-state index contributed by atoms with van der Waals surface area (Å²) in [6.45, 7) is 4.59. The molecule has 0 fully saturated rings. The molecule has 0 aromatic heterocycles. The summed E-state index contributed by atoms with van der Waals surface area (Å²) in [6, 6.07) is 11.0. The van der Waals surface area contributed by atoms with Crippen molar-refractivity contribution in [3.8, 4) is 0 Å². The lowest BCUT2D eigenvalue weighted by atomic mass is 9.91. The van der Waals surface area contributed by atoms with Gasteiger partial charge < -0.3 is 0 Å². The Morgan fingerprint density at radius 2 is 1.47 bits per heavy atom. The van der Waals surface area contributed by atoms with E-state index in [-0.39, 0.29) is 0 Å². The Balaban J connectivity index is 2.20. The molecule has 0 heteroatoms. The first kappa shape index (κ1) is 14.3. The predicted molar refractivity (Wildman–Crippen MR) is 77.5 cm³/mol. The highest BCUT2D eigenvalue weighted by Gasteiger charge is 2.07. The van der Waals surface area contributed by atoms with E-state index in [0.717, 1.165) is 5.92 Å². The fraction of sp³-hybridized carbons (Fsp3) is 0.647. The molecule has 96 valence electrons. The average Bonchev–Trinajstić information content (AvgIpc) is 2.39. The number of hydrogen-bond acceptors (Lipinski definition) is 0. The maximum Gasteiger partial charge on any atom is -0.0165 e. The van der Waals surface area contributed by atoms with Crippen LogP contribution in [0.1, 0.15) is 76.7 Å². The third kappa shape index (κ3) is 5.91. The normalized spacial score (nSPS) is 12.6. The molecule has 0 saturated carbocycles. The Labute approximate surface area is 107 Å². The maximum absolute atomic E-state index is 2.31. The molecule has 0 saturated heterocycles. The lowest BCUT2D eigenvalue weighted by molar-refractivity contribution is 0.529. The smallest absolute Gasteiger partial charge is 0.0165 e. The fourth-order valence-corrected chi connectivity index (χ4v) is 2.50. The molecule has 0 aliphatic heterocycles. The lowest BCUT2D eigenvalue weighted by Gasteiger charge is -2.15. The quantitative estimate of drug-likeness (QED) is 0.463. The van der Waals surface area contributed by atoms with Crippen LogP contribution in [0, 0.1) is 0 Å². The van der Waals surface area contributed by atoms with Gasteiger partial charge in [-0.3, -0.25) is 0 Å². The number of rotatable bonds is 9. The van der Waals surface area contributed by atoms with Crippen LogP contribution in [0.15, 0.2) is 30.3 Å². The van der Waals surface area contributed by atoms with Gasteiger partial charge in [-0.25, -0.2) is 0 Å². The Morgan fingerprint density at radius 1 is 0.824 bits per heavy atom. The second kappa shape index (κ2) is 9.27. The third-order valence-electron chi connectivity index (χ3n) is 3.67.